The number of nitrogens with two attached hydrogens (primary N) is 1. The van der Waals surface area contributed by atoms with Crippen molar-refractivity contribution in [3.63, 3.8) is 0 Å². The van der Waals surface area contributed by atoms with Crippen LogP contribution in [0.2, 0.25) is 0 Å². The van der Waals surface area contributed by atoms with Crippen LogP contribution in [-0.2, 0) is 38.1 Å². The van der Waals surface area contributed by atoms with Gasteiger partial charge in [-0.3, -0.25) is 34.6 Å². The molecule has 3 heterocycles. The zero-order chi connectivity index (χ0) is 48.6. The maximum absolute atomic E-state index is 12.3. The summed E-state index contributed by atoms with van der Waals surface area (Å²) < 4.78 is 28.3. The van der Waals surface area contributed by atoms with Crippen LogP contribution in [0.15, 0.2) is 86.8 Å². The molecule has 0 spiro atoms. The van der Waals surface area contributed by atoms with Crippen LogP contribution in [0.4, 0.5) is 14.4 Å². The number of ether oxygens (including phenoxy) is 5. The van der Waals surface area contributed by atoms with Gasteiger partial charge in [0.15, 0.2) is 0 Å². The lowest BCUT2D eigenvalue weighted by molar-refractivity contribution is -0.136. The maximum atomic E-state index is 12.3. The number of nitrogens with zero attached hydrogens (tertiary/aromatic N) is 1. The van der Waals surface area contributed by atoms with Gasteiger partial charge in [0.2, 0.25) is 23.6 Å². The van der Waals surface area contributed by atoms with Gasteiger partial charge < -0.3 is 44.0 Å². The van der Waals surface area contributed by atoms with Crippen molar-refractivity contribution in [2.24, 2.45) is 5.73 Å². The highest BCUT2D eigenvalue weighted by Gasteiger charge is 2.31. The normalized spacial score (nSPS) is 14.8. The molecule has 0 radical (unpaired) electrons. The van der Waals surface area contributed by atoms with Gasteiger partial charge in [0, 0.05) is 24.4 Å². The van der Waals surface area contributed by atoms with E-state index >= 15 is 0 Å². The smallest absolute Gasteiger partial charge is 0.507 e. The molecule has 2 aliphatic heterocycles. The number of carboxylic acid groups (broad SMARTS) is 1. The molecule has 2 saturated heterocycles. The Morgan fingerprint density at radius 3 is 1.80 bits per heavy atom. The highest BCUT2D eigenvalue weighted by atomic mass is 35.5. The van der Waals surface area contributed by atoms with E-state index in [2.05, 4.69) is 29.6 Å². The predicted molar refractivity (Wildman–Crippen MR) is 223 cm³/mol. The molecule has 2 aliphatic rings. The molecule has 6 N–H and O–H groups in total. The minimum Gasteiger partial charge on any atom is -0.507 e. The average molecular weight is 931 g/mol. The Morgan fingerprint density at radius 1 is 0.738 bits per heavy atom. The van der Waals surface area contributed by atoms with Gasteiger partial charge in [-0.15, -0.1) is 0 Å². The molecule has 2 unspecified atom stereocenters. The molecule has 6 rings (SSSR count). The lowest BCUT2D eigenvalue weighted by Gasteiger charge is -2.21. The number of hydrogen-bond acceptors (Lipinski definition) is 19. The zero-order valence-electron chi connectivity index (χ0n) is 34.8. The van der Waals surface area contributed by atoms with E-state index in [0.29, 0.717) is 19.4 Å². The summed E-state index contributed by atoms with van der Waals surface area (Å²) in [6.07, 6.45) is -1.05. The molecule has 4 amide bonds. The Hall–Kier alpha value is -7.92. The predicted octanol–water partition coefficient (Wildman–Crippen LogP) is 3.69. The minimum atomic E-state index is -1.12. The summed E-state index contributed by atoms with van der Waals surface area (Å²) in [5, 5.41) is 21.8. The topological polar surface area (TPSA) is 343 Å². The first-order valence-corrected chi connectivity index (χ1v) is 19.5. The van der Waals surface area contributed by atoms with Gasteiger partial charge in [0.25, 0.3) is 5.56 Å². The molecule has 2 fully saturated rings. The lowest BCUT2D eigenvalue weighted by Crippen LogP contribution is -2.48. The number of para-hydroxylation sites is 3. The second-order valence-electron chi connectivity index (χ2n) is 12.4. The Kier molecular flexibility index (Phi) is 22.3. The molecule has 1 aromatic heterocycles. The van der Waals surface area contributed by atoms with Crippen LogP contribution in [0, 0.1) is 0 Å². The number of hydrogen-bond donors (Lipinski definition) is 5. The van der Waals surface area contributed by atoms with Crippen molar-refractivity contribution in [2.45, 2.75) is 58.5 Å². The zero-order valence-corrected chi connectivity index (χ0v) is 35.5. The number of esters is 1. The number of rotatable bonds is 7. The SMILES string of the molecule is CCOC(=O)Cl.CCOC(=O)OC(=O)c1ccccc1OC(=O)OCC.NC1CCC(=O)NC1=O.O=C(O)c1ccccc1O.O=C1CCC(n2c(=O)oc3ccccc3c2=O)C(=O)N1. The van der Waals surface area contributed by atoms with Gasteiger partial charge in [-0.05, 0) is 70.0 Å². The lowest BCUT2D eigenvalue weighted by atomic mass is 10.1. The maximum Gasteiger partial charge on any atom is 0.516 e. The molecule has 348 valence electrons. The summed E-state index contributed by atoms with van der Waals surface area (Å²) in [6.45, 7) is 5.44. The standard InChI is InChI=1S/C13H10N2O5.C13H14O7.C7H6O3.C5H8N2O2.C3H5ClO2/c16-10-6-5-8(11(17)14-10)15-12(18)7-3-1-2-4-9(7)20-13(15)19;1-3-17-12(15)19-10-8-6-5-7-9(10)11(14)20-13(16)18-4-2;8-6-4-2-1-3-5(6)7(9)10;6-3-1-2-4(8)7-5(3)9;1-2-6-3(4)5/h1-4,8H,5-6H2,(H,14,16,17);5-8H,3-4H2,1-2H3;1-4,8H,(H,9,10);3H,1-2,6H2,(H,7,8,9);2H2,1H3. The highest BCUT2D eigenvalue weighted by Crippen LogP contribution is 2.20. The number of imide groups is 2. The summed E-state index contributed by atoms with van der Waals surface area (Å²) in [4.78, 5) is 122. The van der Waals surface area contributed by atoms with Crippen molar-refractivity contribution in [2.75, 3.05) is 19.8 Å². The summed E-state index contributed by atoms with van der Waals surface area (Å²) in [7, 11) is 0. The number of aromatic hydroxyl groups is 1. The number of piperidine rings is 2. The molecule has 4 aromatic rings. The molecule has 24 heteroatoms. The van der Waals surface area contributed by atoms with E-state index in [9.17, 15) is 52.7 Å². The van der Waals surface area contributed by atoms with Crippen molar-refractivity contribution < 1.29 is 81.5 Å². The van der Waals surface area contributed by atoms with Crippen LogP contribution in [0.5, 0.6) is 11.5 Å². The average Bonchev–Trinajstić information content (AvgIpc) is 3.24. The Morgan fingerprint density at radius 2 is 1.28 bits per heavy atom. The van der Waals surface area contributed by atoms with Crippen LogP contribution in [0.3, 0.4) is 0 Å². The van der Waals surface area contributed by atoms with Crippen molar-refractivity contribution in [1.82, 2.24) is 15.2 Å². The van der Waals surface area contributed by atoms with Crippen LogP contribution in [0.1, 0.15) is 73.2 Å². The monoisotopic (exact) mass is 930 g/mol. The third-order valence-corrected chi connectivity index (χ3v) is 8.04. The third kappa shape index (κ3) is 17.8. The number of halogens is 1. The number of nitrogens with one attached hydrogen (secondary N) is 2. The van der Waals surface area contributed by atoms with E-state index in [1.165, 1.54) is 42.5 Å². The quantitative estimate of drug-likeness (QED) is 0.0440. The van der Waals surface area contributed by atoms with Gasteiger partial charge >= 0.3 is 35.4 Å². The van der Waals surface area contributed by atoms with Crippen LogP contribution in [0.25, 0.3) is 11.0 Å². The summed E-state index contributed by atoms with van der Waals surface area (Å²) in [5.41, 5.74) is 3.96. The van der Waals surface area contributed by atoms with Gasteiger partial charge in [0.1, 0.15) is 34.3 Å². The molecule has 3 aromatic carbocycles. The van der Waals surface area contributed by atoms with Gasteiger partial charge in [-0.25, -0.2) is 33.3 Å². The van der Waals surface area contributed by atoms with Crippen molar-refractivity contribution in [3.8, 4) is 11.5 Å². The van der Waals surface area contributed by atoms with Crippen molar-refractivity contribution >= 4 is 75.9 Å². The number of fused-ring (bicyclic) bond motifs is 1. The number of carbonyl (C=O) groups is 9. The first-order chi connectivity index (χ1) is 30.8. The Balaban J connectivity index is 0.000000299. The third-order valence-electron chi connectivity index (χ3n) is 7.93. The van der Waals surface area contributed by atoms with Crippen molar-refractivity contribution in [1.29, 1.82) is 0 Å². The molecular weight excluding hydrogens is 888 g/mol. The fourth-order valence-electron chi connectivity index (χ4n) is 5.00. The van der Waals surface area contributed by atoms with E-state index in [0.717, 1.165) is 4.57 Å². The van der Waals surface area contributed by atoms with E-state index < -0.39 is 64.9 Å². The first kappa shape index (κ1) is 53.2. The molecule has 0 aliphatic carbocycles. The fourth-order valence-corrected chi connectivity index (χ4v) is 5.11. The second kappa shape index (κ2) is 27.2. The number of carbonyl (C=O) groups excluding carboxylic acids is 8. The first-order valence-electron chi connectivity index (χ1n) is 19.1. The largest absolute Gasteiger partial charge is 0.516 e. The van der Waals surface area contributed by atoms with Crippen molar-refractivity contribution in [3.05, 3.63) is 105 Å². The van der Waals surface area contributed by atoms with E-state index in [-0.39, 0.29) is 71.5 Å². The number of benzene rings is 3. The Labute approximate surface area is 372 Å². The number of aromatic nitrogens is 1. The fraction of sp³-hybridized carbons (Fsp3) is 0.293. The molecule has 23 nitrogen and oxygen atoms in total. The highest BCUT2D eigenvalue weighted by molar-refractivity contribution is 6.61. The van der Waals surface area contributed by atoms with Gasteiger partial charge in [0.05, 0.1) is 31.2 Å². The summed E-state index contributed by atoms with van der Waals surface area (Å²) in [6, 6.07) is 16.4. The van der Waals surface area contributed by atoms with Crippen LogP contribution in [-0.4, -0.2) is 93.9 Å². The molecule has 65 heavy (non-hydrogen) atoms. The van der Waals surface area contributed by atoms with Crippen LogP contribution >= 0.6 is 11.6 Å². The summed E-state index contributed by atoms with van der Waals surface area (Å²) >= 11 is 4.72. The van der Waals surface area contributed by atoms with E-state index in [1.54, 1.807) is 51.1 Å². The van der Waals surface area contributed by atoms with Crippen LogP contribution < -0.4 is 32.4 Å². The molecule has 0 bridgehead atoms. The minimum absolute atomic E-state index is 0.0671. The van der Waals surface area contributed by atoms with Gasteiger partial charge in [-0.1, -0.05) is 36.4 Å². The second-order valence-corrected chi connectivity index (χ2v) is 12.7. The molecular formula is C41H43ClN4O19. The van der Waals surface area contributed by atoms with E-state index in [1.807, 2.05) is 0 Å². The molecule has 0 saturated carbocycles. The van der Waals surface area contributed by atoms with Gasteiger partial charge in [-0.2, -0.15) is 0 Å². The number of phenols is 1. The summed E-state index contributed by atoms with van der Waals surface area (Å²) in [5.74, 6) is -4.91. The Bertz CT molecular complexity index is 2480. The number of aromatic carboxylic acids is 1. The number of carboxylic acids is 1. The molecule has 2 atom stereocenters. The van der Waals surface area contributed by atoms with E-state index in [4.69, 9.17) is 36.7 Å². The number of amides is 4.